The van der Waals surface area contributed by atoms with Crippen LogP contribution in [0.15, 0.2) is 30.9 Å². The Morgan fingerprint density at radius 3 is 2.60 bits per heavy atom. The average molecular weight is 348 g/mol. The standard InChI is InChI=1S/C19H28N2O4/c1-6-7-10-24-15(5)19(23)21-20-18(22)12-25-17-11-14(4)8-9-16(17)13(2)3/h6,8-9,11,13,15H,1,7,10,12H2,2-5H3,(H,20,22)(H,21,23). The number of nitrogens with one attached hydrogen (secondary N) is 2. The van der Waals surface area contributed by atoms with Crippen molar-refractivity contribution in [1.29, 1.82) is 0 Å². The first-order chi connectivity index (χ1) is 11.8. The molecular formula is C19H28N2O4. The molecule has 1 unspecified atom stereocenters. The molecule has 6 nitrogen and oxygen atoms in total. The highest BCUT2D eigenvalue weighted by atomic mass is 16.5. The number of carbonyl (C=O) groups excluding carboxylic acids is 2. The van der Waals surface area contributed by atoms with Crippen LogP contribution in [0.5, 0.6) is 5.75 Å². The van der Waals surface area contributed by atoms with Gasteiger partial charge < -0.3 is 9.47 Å². The molecule has 0 heterocycles. The molecule has 0 aliphatic rings. The number of ether oxygens (including phenoxy) is 2. The molecule has 2 amide bonds. The Morgan fingerprint density at radius 1 is 1.24 bits per heavy atom. The molecule has 0 saturated carbocycles. The van der Waals surface area contributed by atoms with E-state index in [0.29, 0.717) is 18.8 Å². The molecule has 0 radical (unpaired) electrons. The Morgan fingerprint density at radius 2 is 1.96 bits per heavy atom. The Labute approximate surface area is 149 Å². The number of carbonyl (C=O) groups is 2. The first-order valence-electron chi connectivity index (χ1n) is 8.39. The van der Waals surface area contributed by atoms with E-state index >= 15 is 0 Å². The van der Waals surface area contributed by atoms with E-state index in [0.717, 1.165) is 11.1 Å². The molecule has 138 valence electrons. The van der Waals surface area contributed by atoms with Crippen molar-refractivity contribution >= 4 is 11.8 Å². The van der Waals surface area contributed by atoms with Crippen LogP contribution in [0, 0.1) is 6.92 Å². The SMILES string of the molecule is C=CCCOC(C)C(=O)NNC(=O)COc1cc(C)ccc1C(C)C. The summed E-state index contributed by atoms with van der Waals surface area (Å²) in [6.45, 7) is 11.5. The van der Waals surface area contributed by atoms with Crippen molar-refractivity contribution in [1.82, 2.24) is 10.9 Å². The third kappa shape index (κ3) is 7.39. The van der Waals surface area contributed by atoms with Gasteiger partial charge in [-0.3, -0.25) is 20.4 Å². The van der Waals surface area contributed by atoms with Crippen molar-refractivity contribution in [3.8, 4) is 5.75 Å². The van der Waals surface area contributed by atoms with Gasteiger partial charge in [0.15, 0.2) is 6.61 Å². The van der Waals surface area contributed by atoms with Crippen molar-refractivity contribution < 1.29 is 19.1 Å². The van der Waals surface area contributed by atoms with Crippen molar-refractivity contribution in [2.24, 2.45) is 0 Å². The van der Waals surface area contributed by atoms with Crippen LogP contribution in [0.25, 0.3) is 0 Å². The van der Waals surface area contributed by atoms with Crippen molar-refractivity contribution in [2.45, 2.75) is 46.1 Å². The van der Waals surface area contributed by atoms with Gasteiger partial charge in [-0.1, -0.05) is 32.1 Å². The van der Waals surface area contributed by atoms with Crippen LogP contribution < -0.4 is 15.6 Å². The third-order valence-corrected chi connectivity index (χ3v) is 3.53. The van der Waals surface area contributed by atoms with Crippen molar-refractivity contribution in [3.63, 3.8) is 0 Å². The lowest BCUT2D eigenvalue weighted by atomic mass is 10.0. The van der Waals surface area contributed by atoms with Crippen LogP contribution in [0.3, 0.4) is 0 Å². The maximum atomic E-state index is 11.9. The molecule has 0 aliphatic carbocycles. The monoisotopic (exact) mass is 348 g/mol. The fourth-order valence-corrected chi connectivity index (χ4v) is 2.06. The minimum absolute atomic E-state index is 0.185. The van der Waals surface area contributed by atoms with E-state index in [9.17, 15) is 9.59 Å². The summed E-state index contributed by atoms with van der Waals surface area (Å²) < 4.78 is 10.9. The fraction of sp³-hybridized carbons (Fsp3) is 0.474. The summed E-state index contributed by atoms with van der Waals surface area (Å²) in [5, 5.41) is 0. The number of hydrazine groups is 1. The van der Waals surface area contributed by atoms with Crippen LogP contribution in [0.1, 0.15) is 44.2 Å². The summed E-state index contributed by atoms with van der Waals surface area (Å²) in [6, 6.07) is 5.91. The quantitative estimate of drug-likeness (QED) is 0.409. The second-order valence-electron chi connectivity index (χ2n) is 6.11. The zero-order valence-corrected chi connectivity index (χ0v) is 15.4. The van der Waals surface area contributed by atoms with Crippen LogP contribution in [0.4, 0.5) is 0 Å². The molecule has 0 bridgehead atoms. The molecule has 0 saturated heterocycles. The van der Waals surface area contributed by atoms with Gasteiger partial charge >= 0.3 is 0 Å². The lowest BCUT2D eigenvalue weighted by Crippen LogP contribution is -2.47. The zero-order chi connectivity index (χ0) is 18.8. The van der Waals surface area contributed by atoms with E-state index < -0.39 is 17.9 Å². The molecule has 0 fully saturated rings. The maximum absolute atomic E-state index is 11.9. The maximum Gasteiger partial charge on any atom is 0.276 e. The lowest BCUT2D eigenvalue weighted by molar-refractivity contribution is -0.136. The van der Waals surface area contributed by atoms with Gasteiger partial charge in [-0.2, -0.15) is 0 Å². The minimum atomic E-state index is -0.662. The molecule has 0 aromatic heterocycles. The van der Waals surface area contributed by atoms with Gasteiger partial charge in [-0.15, -0.1) is 6.58 Å². The minimum Gasteiger partial charge on any atom is -0.483 e. The Balaban J connectivity index is 2.44. The van der Waals surface area contributed by atoms with Crippen LogP contribution in [0.2, 0.25) is 0 Å². The molecule has 1 rings (SSSR count). The van der Waals surface area contributed by atoms with E-state index in [-0.39, 0.29) is 12.5 Å². The molecule has 0 aliphatic heterocycles. The van der Waals surface area contributed by atoms with Crippen molar-refractivity contribution in [3.05, 3.63) is 42.0 Å². The summed E-state index contributed by atoms with van der Waals surface area (Å²) in [7, 11) is 0. The van der Waals surface area contributed by atoms with Crippen LogP contribution >= 0.6 is 0 Å². The van der Waals surface area contributed by atoms with Crippen LogP contribution in [-0.4, -0.2) is 31.1 Å². The van der Waals surface area contributed by atoms with E-state index in [1.165, 1.54) is 0 Å². The van der Waals surface area contributed by atoms with Gasteiger partial charge in [0.05, 0.1) is 6.61 Å². The number of amides is 2. The molecule has 1 aromatic carbocycles. The van der Waals surface area contributed by atoms with Gasteiger partial charge in [0, 0.05) is 0 Å². The topological polar surface area (TPSA) is 76.7 Å². The molecular weight excluding hydrogens is 320 g/mol. The number of hydrogen-bond donors (Lipinski definition) is 2. The average Bonchev–Trinajstić information content (AvgIpc) is 2.57. The van der Waals surface area contributed by atoms with E-state index in [4.69, 9.17) is 9.47 Å². The fourth-order valence-electron chi connectivity index (χ4n) is 2.06. The van der Waals surface area contributed by atoms with Gasteiger partial charge in [0.1, 0.15) is 11.9 Å². The first kappa shape index (κ1) is 20.7. The summed E-state index contributed by atoms with van der Waals surface area (Å²) in [6.07, 6.45) is 1.71. The van der Waals surface area contributed by atoms with Gasteiger partial charge in [-0.25, -0.2) is 0 Å². The Kier molecular flexibility index (Phi) is 8.70. The second-order valence-corrected chi connectivity index (χ2v) is 6.11. The van der Waals surface area contributed by atoms with E-state index in [1.807, 2.05) is 25.1 Å². The highest BCUT2D eigenvalue weighted by Gasteiger charge is 2.14. The first-order valence-corrected chi connectivity index (χ1v) is 8.39. The van der Waals surface area contributed by atoms with E-state index in [1.54, 1.807) is 13.0 Å². The summed E-state index contributed by atoms with van der Waals surface area (Å²) in [5.74, 6) is 0.100. The number of hydrogen-bond acceptors (Lipinski definition) is 4. The molecule has 25 heavy (non-hydrogen) atoms. The van der Waals surface area contributed by atoms with E-state index in [2.05, 4.69) is 31.3 Å². The lowest BCUT2D eigenvalue weighted by Gasteiger charge is -2.16. The molecule has 1 aromatic rings. The van der Waals surface area contributed by atoms with Gasteiger partial charge in [-0.05, 0) is 43.4 Å². The summed E-state index contributed by atoms with van der Waals surface area (Å²) >= 11 is 0. The molecule has 6 heteroatoms. The normalized spacial score (nSPS) is 11.7. The number of aryl methyl sites for hydroxylation is 1. The predicted molar refractivity (Wildman–Crippen MR) is 97.3 cm³/mol. The summed E-state index contributed by atoms with van der Waals surface area (Å²) in [4.78, 5) is 23.7. The third-order valence-electron chi connectivity index (χ3n) is 3.53. The second kappa shape index (κ2) is 10.5. The smallest absolute Gasteiger partial charge is 0.276 e. The Bertz CT molecular complexity index is 599. The van der Waals surface area contributed by atoms with Gasteiger partial charge in [0.25, 0.3) is 11.8 Å². The predicted octanol–water partition coefficient (Wildman–Crippen LogP) is 2.63. The van der Waals surface area contributed by atoms with Crippen molar-refractivity contribution in [2.75, 3.05) is 13.2 Å². The molecule has 2 N–H and O–H groups in total. The largest absolute Gasteiger partial charge is 0.483 e. The number of rotatable bonds is 9. The zero-order valence-electron chi connectivity index (χ0n) is 15.4. The summed E-state index contributed by atoms with van der Waals surface area (Å²) in [5.41, 5.74) is 6.74. The highest BCUT2D eigenvalue weighted by molar-refractivity contribution is 5.84. The molecule has 0 spiro atoms. The van der Waals surface area contributed by atoms with Crippen LogP contribution in [-0.2, 0) is 14.3 Å². The molecule has 1 atom stereocenters. The number of benzene rings is 1. The highest BCUT2D eigenvalue weighted by Crippen LogP contribution is 2.27. The van der Waals surface area contributed by atoms with Gasteiger partial charge in [0.2, 0.25) is 0 Å². The Hall–Kier alpha value is -2.34.